The van der Waals surface area contributed by atoms with Crippen LogP contribution in [0.15, 0.2) is 0 Å². The van der Waals surface area contributed by atoms with Gasteiger partial charge in [-0.15, -0.1) is 0 Å². The molecule has 110 valence electrons. The molecular weight excluding hydrogens is 278 g/mol. The van der Waals surface area contributed by atoms with E-state index in [9.17, 15) is 18.0 Å². The minimum Gasteiger partial charge on any atom is -0.464 e. The second kappa shape index (κ2) is 5.33. The van der Waals surface area contributed by atoms with Crippen LogP contribution in [0.5, 0.6) is 0 Å². The molecule has 1 aliphatic rings. The Balaban J connectivity index is 2.97. The summed E-state index contributed by atoms with van der Waals surface area (Å²) in [5, 5.41) is 0. The van der Waals surface area contributed by atoms with E-state index in [0.29, 0.717) is 0 Å². The second-order valence-electron chi connectivity index (χ2n) is 4.79. The predicted octanol–water partition coefficient (Wildman–Crippen LogP) is 0.430. The van der Waals surface area contributed by atoms with Gasteiger partial charge in [0.1, 0.15) is 12.2 Å². The van der Waals surface area contributed by atoms with Gasteiger partial charge in [0.2, 0.25) is 0 Å². The Morgan fingerprint density at radius 1 is 1.37 bits per heavy atom. The quantitative estimate of drug-likeness (QED) is 0.681. The van der Waals surface area contributed by atoms with Gasteiger partial charge in [0, 0.05) is 0 Å². The first-order valence-corrected chi connectivity index (χ1v) is 7.03. The van der Waals surface area contributed by atoms with E-state index in [2.05, 4.69) is 4.18 Å². The molecule has 0 aromatic rings. The number of carbonyl (C=O) groups is 2. The highest BCUT2D eigenvalue weighted by atomic mass is 32.2. The van der Waals surface area contributed by atoms with Crippen LogP contribution >= 0.6 is 0 Å². The molecule has 9 heteroatoms. The lowest BCUT2D eigenvalue weighted by Gasteiger charge is -2.25. The van der Waals surface area contributed by atoms with Crippen LogP contribution in [0.3, 0.4) is 0 Å². The summed E-state index contributed by atoms with van der Waals surface area (Å²) < 4.78 is 37.6. The molecule has 0 unspecified atom stereocenters. The van der Waals surface area contributed by atoms with Crippen LogP contribution < -0.4 is 0 Å². The third-order valence-corrected chi connectivity index (χ3v) is 3.35. The summed E-state index contributed by atoms with van der Waals surface area (Å²) in [7, 11) is -4.31. The molecule has 0 bridgehead atoms. The third kappa shape index (κ3) is 3.80. The Labute approximate surface area is 111 Å². The molecule has 0 aliphatic carbocycles. The van der Waals surface area contributed by atoms with E-state index < -0.39 is 40.6 Å². The number of nitrogens with zero attached hydrogens (tertiary/aromatic N) is 1. The molecule has 1 heterocycles. The summed E-state index contributed by atoms with van der Waals surface area (Å²) in [6, 6.07) is -1.35. The molecular formula is C10H17NO7S. The van der Waals surface area contributed by atoms with E-state index in [1.807, 2.05) is 0 Å². The summed E-state index contributed by atoms with van der Waals surface area (Å²) in [6.07, 6.45) is -1.16. The predicted molar refractivity (Wildman–Crippen MR) is 63.4 cm³/mol. The van der Waals surface area contributed by atoms with E-state index in [-0.39, 0.29) is 10.9 Å². The zero-order valence-corrected chi connectivity index (χ0v) is 12.0. The van der Waals surface area contributed by atoms with E-state index in [1.165, 1.54) is 0 Å². The van der Waals surface area contributed by atoms with Crippen molar-refractivity contribution in [3.05, 3.63) is 0 Å². The molecule has 19 heavy (non-hydrogen) atoms. The van der Waals surface area contributed by atoms with Gasteiger partial charge in [0.15, 0.2) is 6.04 Å². The fraction of sp³-hybridized carbons (Fsp3) is 0.800. The van der Waals surface area contributed by atoms with Crippen molar-refractivity contribution >= 4 is 22.4 Å². The first-order valence-electron chi connectivity index (χ1n) is 5.67. The molecule has 0 N–H and O–H groups in total. The normalized spacial score (nSPS) is 22.1. The number of amides is 1. The van der Waals surface area contributed by atoms with Crippen molar-refractivity contribution in [3.63, 3.8) is 0 Å². The number of hydrogen-bond donors (Lipinski definition) is 0. The van der Waals surface area contributed by atoms with Gasteiger partial charge in [-0.25, -0.2) is 9.59 Å². The van der Waals surface area contributed by atoms with Crippen molar-refractivity contribution in [2.75, 3.05) is 13.2 Å². The van der Waals surface area contributed by atoms with Crippen LogP contribution in [0, 0.1) is 0 Å². The van der Waals surface area contributed by atoms with Gasteiger partial charge in [0.25, 0.3) is 0 Å². The summed E-state index contributed by atoms with van der Waals surface area (Å²) in [5.74, 6) is -0.852. The van der Waals surface area contributed by atoms with Crippen LogP contribution in [0.1, 0.15) is 27.7 Å². The molecule has 0 spiro atoms. The monoisotopic (exact) mass is 295 g/mol. The van der Waals surface area contributed by atoms with E-state index >= 15 is 0 Å². The van der Waals surface area contributed by atoms with Crippen molar-refractivity contribution in [1.29, 1.82) is 0 Å². The first-order chi connectivity index (χ1) is 8.58. The van der Waals surface area contributed by atoms with Crippen molar-refractivity contribution in [2.24, 2.45) is 0 Å². The van der Waals surface area contributed by atoms with Crippen LogP contribution in [0.25, 0.3) is 0 Å². The van der Waals surface area contributed by atoms with E-state index in [1.54, 1.807) is 27.7 Å². The van der Waals surface area contributed by atoms with Crippen LogP contribution in [0.2, 0.25) is 0 Å². The molecule has 0 aromatic heterocycles. The Kier molecular flexibility index (Phi) is 4.41. The smallest absolute Gasteiger partial charge is 0.426 e. The largest absolute Gasteiger partial charge is 0.464 e. The zero-order valence-electron chi connectivity index (χ0n) is 11.2. The number of rotatable bonds is 2. The first kappa shape index (κ1) is 15.7. The van der Waals surface area contributed by atoms with Crippen LogP contribution in [-0.4, -0.2) is 49.6 Å². The van der Waals surface area contributed by atoms with E-state index in [0.717, 1.165) is 0 Å². The Morgan fingerprint density at radius 2 is 1.95 bits per heavy atom. The van der Waals surface area contributed by atoms with E-state index in [4.69, 9.17) is 9.47 Å². The number of carbonyl (C=O) groups excluding carboxylic acids is 2. The van der Waals surface area contributed by atoms with Gasteiger partial charge >= 0.3 is 22.4 Å². The number of ether oxygens (including phenoxy) is 2. The molecule has 0 radical (unpaired) electrons. The van der Waals surface area contributed by atoms with Gasteiger partial charge in [-0.2, -0.15) is 12.7 Å². The molecule has 1 amide bonds. The third-order valence-electron chi connectivity index (χ3n) is 2.03. The molecule has 1 saturated heterocycles. The Hall–Kier alpha value is -1.35. The molecule has 0 saturated carbocycles. The SMILES string of the molecule is CCOC(=O)[C@@H]1COS(=O)(=O)N1C(=O)OC(C)(C)C. The number of esters is 1. The topological polar surface area (TPSA) is 99.2 Å². The lowest BCUT2D eigenvalue weighted by molar-refractivity contribution is -0.147. The highest BCUT2D eigenvalue weighted by Gasteiger charge is 2.49. The van der Waals surface area contributed by atoms with Gasteiger partial charge in [-0.1, -0.05) is 0 Å². The van der Waals surface area contributed by atoms with Gasteiger partial charge in [-0.3, -0.25) is 4.18 Å². The average molecular weight is 295 g/mol. The summed E-state index contributed by atoms with van der Waals surface area (Å²) in [5.41, 5.74) is -0.894. The van der Waals surface area contributed by atoms with Crippen LogP contribution in [-0.2, 0) is 28.8 Å². The van der Waals surface area contributed by atoms with Gasteiger partial charge in [-0.05, 0) is 27.7 Å². The highest BCUT2D eigenvalue weighted by molar-refractivity contribution is 7.85. The zero-order chi connectivity index (χ0) is 14.8. The van der Waals surface area contributed by atoms with Crippen molar-refractivity contribution < 1.29 is 31.7 Å². The van der Waals surface area contributed by atoms with Crippen molar-refractivity contribution in [3.8, 4) is 0 Å². The fourth-order valence-electron chi connectivity index (χ4n) is 1.36. The molecule has 8 nitrogen and oxygen atoms in total. The minimum atomic E-state index is -4.31. The van der Waals surface area contributed by atoms with Crippen molar-refractivity contribution in [2.45, 2.75) is 39.3 Å². The maximum Gasteiger partial charge on any atom is 0.426 e. The summed E-state index contributed by atoms with van der Waals surface area (Å²) >= 11 is 0. The molecule has 1 aliphatic heterocycles. The summed E-state index contributed by atoms with van der Waals surface area (Å²) in [6.45, 7) is 5.90. The molecule has 1 atom stereocenters. The minimum absolute atomic E-state index is 0.0670. The van der Waals surface area contributed by atoms with Crippen molar-refractivity contribution in [1.82, 2.24) is 4.31 Å². The standard InChI is InChI=1S/C10H17NO7S/c1-5-16-8(12)7-6-17-19(14,15)11(7)9(13)18-10(2,3)4/h7H,5-6H2,1-4H3/t7-/m0/s1. The van der Waals surface area contributed by atoms with Crippen LogP contribution in [0.4, 0.5) is 4.79 Å². The number of hydrogen-bond acceptors (Lipinski definition) is 7. The second-order valence-corrected chi connectivity index (χ2v) is 6.27. The van der Waals surface area contributed by atoms with Gasteiger partial charge in [0.05, 0.1) is 6.61 Å². The molecule has 0 aromatic carbocycles. The fourth-order valence-corrected chi connectivity index (χ4v) is 2.45. The Bertz CT molecular complexity index is 465. The molecule has 1 rings (SSSR count). The molecule has 1 fully saturated rings. The lowest BCUT2D eigenvalue weighted by atomic mass is 10.2. The highest BCUT2D eigenvalue weighted by Crippen LogP contribution is 2.23. The maximum absolute atomic E-state index is 11.8. The lowest BCUT2D eigenvalue weighted by Crippen LogP contribution is -2.46. The average Bonchev–Trinajstić information content (AvgIpc) is 2.51. The summed E-state index contributed by atoms with van der Waals surface area (Å²) in [4.78, 5) is 23.4. The Morgan fingerprint density at radius 3 is 2.42 bits per heavy atom. The maximum atomic E-state index is 11.8. The van der Waals surface area contributed by atoms with Gasteiger partial charge < -0.3 is 9.47 Å².